The highest BCUT2D eigenvalue weighted by Gasteiger charge is 2.10. The van der Waals surface area contributed by atoms with Crippen molar-refractivity contribution in [1.29, 1.82) is 0 Å². The molecule has 0 atom stereocenters. The van der Waals surface area contributed by atoms with E-state index in [1.54, 1.807) is 36.4 Å². The Bertz CT molecular complexity index is 777. The van der Waals surface area contributed by atoms with Gasteiger partial charge in [-0.1, -0.05) is 20.4 Å². The molecule has 0 spiro atoms. The third-order valence-corrected chi connectivity index (χ3v) is 4.40. The van der Waals surface area contributed by atoms with Gasteiger partial charge in [0.05, 0.1) is 6.61 Å². The number of carbonyl (C=O) groups excluding carboxylic acids is 2. The molecule has 0 amide bonds. The van der Waals surface area contributed by atoms with E-state index in [0.29, 0.717) is 23.5 Å². The Morgan fingerprint density at radius 1 is 0.929 bits per heavy atom. The van der Waals surface area contributed by atoms with Crippen molar-refractivity contribution in [1.82, 2.24) is 4.90 Å². The lowest BCUT2D eigenvalue weighted by molar-refractivity contribution is -0.128. The van der Waals surface area contributed by atoms with Crippen molar-refractivity contribution in [3.63, 3.8) is 0 Å². The van der Waals surface area contributed by atoms with Crippen molar-refractivity contribution in [2.24, 2.45) is 0 Å². The SMILES string of the molecule is C=CC(=O)Oc1ccc(C(=O)c2ccc(OCCCN(CC)CC)cc2)cc1. The molecule has 2 rings (SSSR count). The quantitative estimate of drug-likeness (QED) is 0.193. The summed E-state index contributed by atoms with van der Waals surface area (Å²) in [4.78, 5) is 26.1. The molecule has 0 aliphatic rings. The molecule has 28 heavy (non-hydrogen) atoms. The molecule has 0 unspecified atom stereocenters. The maximum atomic E-state index is 12.6. The van der Waals surface area contributed by atoms with Crippen molar-refractivity contribution in [2.45, 2.75) is 20.3 Å². The van der Waals surface area contributed by atoms with E-state index in [-0.39, 0.29) is 5.78 Å². The van der Waals surface area contributed by atoms with Gasteiger partial charge in [-0.3, -0.25) is 4.79 Å². The first-order valence-corrected chi connectivity index (χ1v) is 9.51. The van der Waals surface area contributed by atoms with Gasteiger partial charge in [-0.05, 0) is 68.0 Å². The zero-order valence-corrected chi connectivity index (χ0v) is 16.5. The van der Waals surface area contributed by atoms with E-state index in [0.717, 1.165) is 37.9 Å². The van der Waals surface area contributed by atoms with Crippen LogP contribution in [0.5, 0.6) is 11.5 Å². The Hall–Kier alpha value is -2.92. The van der Waals surface area contributed by atoms with Crippen LogP contribution in [-0.2, 0) is 4.79 Å². The zero-order valence-electron chi connectivity index (χ0n) is 16.5. The van der Waals surface area contributed by atoms with E-state index in [1.807, 2.05) is 12.1 Å². The average Bonchev–Trinajstić information content (AvgIpc) is 2.74. The maximum Gasteiger partial charge on any atom is 0.335 e. The average molecular weight is 381 g/mol. The summed E-state index contributed by atoms with van der Waals surface area (Å²) in [5.74, 6) is 0.485. The first kappa shape index (κ1) is 21.4. The van der Waals surface area contributed by atoms with E-state index >= 15 is 0 Å². The van der Waals surface area contributed by atoms with Gasteiger partial charge in [-0.15, -0.1) is 0 Å². The molecule has 0 aliphatic carbocycles. The van der Waals surface area contributed by atoms with Crippen LogP contribution in [0.25, 0.3) is 0 Å². The van der Waals surface area contributed by atoms with Gasteiger partial charge in [0.1, 0.15) is 11.5 Å². The topological polar surface area (TPSA) is 55.8 Å². The Balaban J connectivity index is 1.89. The van der Waals surface area contributed by atoms with Gasteiger partial charge in [0.2, 0.25) is 0 Å². The van der Waals surface area contributed by atoms with E-state index in [9.17, 15) is 9.59 Å². The minimum absolute atomic E-state index is 0.102. The number of hydrogen-bond acceptors (Lipinski definition) is 5. The lowest BCUT2D eigenvalue weighted by atomic mass is 10.0. The van der Waals surface area contributed by atoms with E-state index in [4.69, 9.17) is 9.47 Å². The van der Waals surface area contributed by atoms with Gasteiger partial charge in [-0.2, -0.15) is 0 Å². The molecule has 0 heterocycles. The van der Waals surface area contributed by atoms with Crippen molar-refractivity contribution in [2.75, 3.05) is 26.2 Å². The molecule has 5 heteroatoms. The molecule has 0 saturated carbocycles. The largest absolute Gasteiger partial charge is 0.494 e. The number of esters is 1. The predicted molar refractivity (Wildman–Crippen MR) is 110 cm³/mol. The number of carbonyl (C=O) groups is 2. The molecule has 0 aliphatic heterocycles. The van der Waals surface area contributed by atoms with Gasteiger partial charge < -0.3 is 14.4 Å². The number of nitrogens with zero attached hydrogens (tertiary/aromatic N) is 1. The van der Waals surface area contributed by atoms with Crippen molar-refractivity contribution < 1.29 is 19.1 Å². The smallest absolute Gasteiger partial charge is 0.335 e. The monoisotopic (exact) mass is 381 g/mol. The van der Waals surface area contributed by atoms with Crippen LogP contribution in [0.2, 0.25) is 0 Å². The summed E-state index contributed by atoms with van der Waals surface area (Å²) in [5, 5.41) is 0. The predicted octanol–water partition coefficient (Wildman–Crippen LogP) is 4.12. The fraction of sp³-hybridized carbons (Fsp3) is 0.304. The lowest BCUT2D eigenvalue weighted by Crippen LogP contribution is -2.25. The molecule has 0 bridgehead atoms. The summed E-state index contributed by atoms with van der Waals surface area (Å²) < 4.78 is 10.8. The summed E-state index contributed by atoms with van der Waals surface area (Å²) in [7, 11) is 0. The molecule has 0 radical (unpaired) electrons. The molecule has 0 aromatic heterocycles. The lowest BCUT2D eigenvalue weighted by Gasteiger charge is -2.17. The molecule has 0 fully saturated rings. The van der Waals surface area contributed by atoms with Crippen LogP contribution in [0, 0.1) is 0 Å². The Labute approximate surface area is 166 Å². The van der Waals surface area contributed by atoms with E-state index in [1.165, 1.54) is 0 Å². The molecule has 0 saturated heterocycles. The summed E-state index contributed by atoms with van der Waals surface area (Å²) in [6.07, 6.45) is 2.05. The van der Waals surface area contributed by atoms with Gasteiger partial charge in [0, 0.05) is 23.7 Å². The van der Waals surface area contributed by atoms with Crippen molar-refractivity contribution in [3.8, 4) is 11.5 Å². The molecule has 2 aromatic rings. The fourth-order valence-electron chi connectivity index (χ4n) is 2.72. The maximum absolute atomic E-state index is 12.6. The van der Waals surface area contributed by atoms with Gasteiger partial charge >= 0.3 is 5.97 Å². The van der Waals surface area contributed by atoms with E-state index in [2.05, 4.69) is 25.3 Å². The highest BCUT2D eigenvalue weighted by molar-refractivity contribution is 6.09. The van der Waals surface area contributed by atoms with Crippen LogP contribution in [0.15, 0.2) is 61.2 Å². The van der Waals surface area contributed by atoms with Gasteiger partial charge in [0.15, 0.2) is 5.78 Å². The molecular weight excluding hydrogens is 354 g/mol. The second-order valence-electron chi connectivity index (χ2n) is 6.23. The van der Waals surface area contributed by atoms with Crippen LogP contribution in [0.3, 0.4) is 0 Å². The molecule has 0 N–H and O–H groups in total. The van der Waals surface area contributed by atoms with Crippen LogP contribution in [-0.4, -0.2) is 42.9 Å². The standard InChI is InChI=1S/C23H27NO4/c1-4-22(25)28-21-14-10-19(11-15-21)23(26)18-8-12-20(13-9-18)27-17-7-16-24(5-2)6-3/h4,8-15H,1,5-7,16-17H2,2-3H3. The molecule has 148 valence electrons. The fourth-order valence-corrected chi connectivity index (χ4v) is 2.72. The first-order chi connectivity index (χ1) is 13.6. The second-order valence-corrected chi connectivity index (χ2v) is 6.23. The van der Waals surface area contributed by atoms with E-state index < -0.39 is 5.97 Å². The number of rotatable bonds is 11. The normalized spacial score (nSPS) is 10.5. The third-order valence-electron chi connectivity index (χ3n) is 4.40. The number of ketones is 1. The molecule has 5 nitrogen and oxygen atoms in total. The Morgan fingerprint density at radius 3 is 1.96 bits per heavy atom. The second kappa shape index (κ2) is 11.0. The van der Waals surface area contributed by atoms with Gasteiger partial charge in [-0.25, -0.2) is 4.79 Å². The van der Waals surface area contributed by atoms with Crippen LogP contribution in [0.4, 0.5) is 0 Å². The summed E-state index contributed by atoms with van der Waals surface area (Å²) >= 11 is 0. The van der Waals surface area contributed by atoms with Crippen molar-refractivity contribution in [3.05, 3.63) is 72.3 Å². The molecule has 2 aromatic carbocycles. The first-order valence-electron chi connectivity index (χ1n) is 9.51. The van der Waals surface area contributed by atoms with Crippen LogP contribution >= 0.6 is 0 Å². The number of hydrogen-bond donors (Lipinski definition) is 0. The van der Waals surface area contributed by atoms with Gasteiger partial charge in [0.25, 0.3) is 0 Å². The number of benzene rings is 2. The van der Waals surface area contributed by atoms with Crippen molar-refractivity contribution >= 4 is 11.8 Å². The van der Waals surface area contributed by atoms with Crippen LogP contribution < -0.4 is 9.47 Å². The number of ether oxygens (including phenoxy) is 2. The highest BCUT2D eigenvalue weighted by atomic mass is 16.5. The summed E-state index contributed by atoms with van der Waals surface area (Å²) in [5.41, 5.74) is 1.10. The minimum Gasteiger partial charge on any atom is -0.494 e. The van der Waals surface area contributed by atoms with Crippen LogP contribution in [0.1, 0.15) is 36.2 Å². The molecular formula is C23H27NO4. The summed E-state index contributed by atoms with van der Waals surface area (Å²) in [6.45, 7) is 11.4. The third kappa shape index (κ3) is 6.35. The Kier molecular flexibility index (Phi) is 8.43. The summed E-state index contributed by atoms with van der Waals surface area (Å²) in [6, 6.07) is 13.6. The minimum atomic E-state index is -0.535. The Morgan fingerprint density at radius 2 is 1.46 bits per heavy atom. The highest BCUT2D eigenvalue weighted by Crippen LogP contribution is 2.18. The zero-order chi connectivity index (χ0) is 20.4.